The Labute approximate surface area is 152 Å². The van der Waals surface area contributed by atoms with Crippen molar-refractivity contribution in [3.8, 4) is 0 Å². The summed E-state index contributed by atoms with van der Waals surface area (Å²) in [6.45, 7) is 0. The number of nitrogens with one attached hydrogen (secondary N) is 1. The zero-order valence-electron chi connectivity index (χ0n) is 13.5. The second-order valence-corrected chi connectivity index (χ2v) is 5.66. The lowest BCUT2D eigenvalue weighted by atomic mass is 10.2. The topological polar surface area (TPSA) is 75.7 Å². The number of halogens is 2. The zero-order chi connectivity index (χ0) is 18.8. The third-order valence-electron chi connectivity index (χ3n) is 3.71. The molecule has 3 rings (SSSR count). The second kappa shape index (κ2) is 6.97. The Morgan fingerprint density at radius 2 is 1.73 bits per heavy atom. The van der Waals surface area contributed by atoms with Gasteiger partial charge in [-0.1, -0.05) is 23.7 Å². The normalized spacial score (nSPS) is 14.0. The molecule has 132 valence electrons. The molecule has 2 amide bonds. The molecule has 1 heterocycles. The van der Waals surface area contributed by atoms with Crippen molar-refractivity contribution in [2.24, 2.45) is 0 Å². The highest BCUT2D eigenvalue weighted by Gasteiger charge is 2.39. The summed E-state index contributed by atoms with van der Waals surface area (Å²) < 4.78 is 18.4. The molecule has 26 heavy (non-hydrogen) atoms. The number of carbonyl (C=O) groups excluding carboxylic acids is 3. The minimum absolute atomic E-state index is 0.0182. The number of hydrogen-bond donors (Lipinski definition) is 1. The number of ether oxygens (including phenoxy) is 1. The van der Waals surface area contributed by atoms with Crippen molar-refractivity contribution in [1.29, 1.82) is 0 Å². The summed E-state index contributed by atoms with van der Waals surface area (Å²) in [4.78, 5) is 37.3. The molecule has 1 N–H and O–H groups in total. The van der Waals surface area contributed by atoms with Gasteiger partial charge in [0.05, 0.1) is 24.0 Å². The van der Waals surface area contributed by atoms with Crippen molar-refractivity contribution in [2.75, 3.05) is 17.3 Å². The van der Waals surface area contributed by atoms with Crippen molar-refractivity contribution in [2.45, 2.75) is 0 Å². The van der Waals surface area contributed by atoms with E-state index in [0.29, 0.717) is 0 Å². The third kappa shape index (κ3) is 3.04. The number of amides is 2. The van der Waals surface area contributed by atoms with Gasteiger partial charge in [0.1, 0.15) is 16.5 Å². The van der Waals surface area contributed by atoms with Crippen LogP contribution in [0.5, 0.6) is 0 Å². The number of nitrogens with zero attached hydrogens (tertiary/aromatic N) is 1. The summed E-state index contributed by atoms with van der Waals surface area (Å²) in [7, 11) is 1.24. The number of methoxy groups -OCH3 is 1. The fourth-order valence-electron chi connectivity index (χ4n) is 2.41. The van der Waals surface area contributed by atoms with E-state index in [-0.39, 0.29) is 27.7 Å². The molecule has 0 fully saturated rings. The molecule has 6 nitrogen and oxygen atoms in total. The Kier molecular flexibility index (Phi) is 4.73. The highest BCUT2D eigenvalue weighted by molar-refractivity contribution is 6.53. The first-order chi connectivity index (χ1) is 12.4. The Hall–Kier alpha value is -3.19. The van der Waals surface area contributed by atoms with Crippen LogP contribution in [0.15, 0.2) is 59.3 Å². The predicted molar refractivity (Wildman–Crippen MR) is 93.2 cm³/mol. The van der Waals surface area contributed by atoms with Crippen molar-refractivity contribution in [3.63, 3.8) is 0 Å². The highest BCUT2D eigenvalue weighted by Crippen LogP contribution is 2.30. The molecule has 0 bridgehead atoms. The average molecular weight is 375 g/mol. The average Bonchev–Trinajstić information content (AvgIpc) is 2.86. The van der Waals surface area contributed by atoms with Gasteiger partial charge in [0, 0.05) is 0 Å². The van der Waals surface area contributed by atoms with Crippen LogP contribution in [0, 0.1) is 5.82 Å². The summed E-state index contributed by atoms with van der Waals surface area (Å²) in [6, 6.07) is 11.4. The van der Waals surface area contributed by atoms with Crippen LogP contribution >= 0.6 is 11.6 Å². The summed E-state index contributed by atoms with van der Waals surface area (Å²) in [6.07, 6.45) is 0. The fourth-order valence-corrected chi connectivity index (χ4v) is 2.62. The van der Waals surface area contributed by atoms with Crippen LogP contribution in [0.1, 0.15) is 10.4 Å². The van der Waals surface area contributed by atoms with Crippen molar-refractivity contribution in [3.05, 3.63) is 70.6 Å². The maximum absolute atomic E-state index is 13.8. The maximum atomic E-state index is 13.8. The van der Waals surface area contributed by atoms with Crippen molar-refractivity contribution >= 4 is 40.8 Å². The molecular weight excluding hydrogens is 363 g/mol. The first kappa shape index (κ1) is 17.6. The molecule has 0 atom stereocenters. The third-order valence-corrected chi connectivity index (χ3v) is 4.06. The number of carbonyl (C=O) groups is 3. The minimum atomic E-state index is -0.749. The van der Waals surface area contributed by atoms with Gasteiger partial charge in [0.15, 0.2) is 0 Å². The van der Waals surface area contributed by atoms with Gasteiger partial charge in [-0.3, -0.25) is 9.59 Å². The van der Waals surface area contributed by atoms with Gasteiger partial charge in [0.2, 0.25) is 0 Å². The van der Waals surface area contributed by atoms with Crippen LogP contribution in [0.4, 0.5) is 15.8 Å². The lowest BCUT2D eigenvalue weighted by molar-refractivity contribution is -0.120. The van der Waals surface area contributed by atoms with E-state index in [0.717, 1.165) is 4.90 Å². The molecule has 1 aliphatic heterocycles. The summed E-state index contributed by atoms with van der Waals surface area (Å²) in [5.74, 6) is -2.62. The van der Waals surface area contributed by atoms with E-state index >= 15 is 0 Å². The van der Waals surface area contributed by atoms with Crippen LogP contribution in [-0.4, -0.2) is 24.9 Å². The van der Waals surface area contributed by atoms with E-state index in [1.165, 1.54) is 49.6 Å². The maximum Gasteiger partial charge on any atom is 0.337 e. The van der Waals surface area contributed by atoms with Crippen LogP contribution in [0.3, 0.4) is 0 Å². The van der Waals surface area contributed by atoms with Gasteiger partial charge in [-0.25, -0.2) is 14.1 Å². The highest BCUT2D eigenvalue weighted by atomic mass is 35.5. The molecule has 0 unspecified atom stereocenters. The number of imide groups is 1. The van der Waals surface area contributed by atoms with Gasteiger partial charge < -0.3 is 10.1 Å². The SMILES string of the molecule is COC(=O)c1ccc(N2C(=O)C(Cl)=C(Nc3ccccc3F)C2=O)cc1. The smallest absolute Gasteiger partial charge is 0.337 e. The van der Waals surface area contributed by atoms with Gasteiger partial charge in [-0.2, -0.15) is 0 Å². The zero-order valence-corrected chi connectivity index (χ0v) is 14.2. The number of rotatable bonds is 4. The Morgan fingerprint density at radius 1 is 1.08 bits per heavy atom. The van der Waals surface area contributed by atoms with Gasteiger partial charge >= 0.3 is 5.97 Å². The molecule has 2 aromatic carbocycles. The first-order valence-electron chi connectivity index (χ1n) is 7.42. The van der Waals surface area contributed by atoms with Crippen LogP contribution < -0.4 is 10.2 Å². The number of hydrogen-bond acceptors (Lipinski definition) is 5. The first-order valence-corrected chi connectivity index (χ1v) is 7.80. The molecular formula is C18H12ClFN2O4. The van der Waals surface area contributed by atoms with Crippen molar-refractivity contribution < 1.29 is 23.5 Å². The monoisotopic (exact) mass is 374 g/mol. The van der Waals surface area contributed by atoms with Gasteiger partial charge in [-0.05, 0) is 36.4 Å². The van der Waals surface area contributed by atoms with Crippen LogP contribution in [-0.2, 0) is 14.3 Å². The molecule has 0 aliphatic carbocycles. The standard InChI is InChI=1S/C18H12ClFN2O4/c1-26-18(25)10-6-8-11(9-7-10)22-16(23)14(19)15(17(22)24)21-13-5-3-2-4-12(13)20/h2-9,21H,1H3. The molecule has 0 radical (unpaired) electrons. The van der Waals surface area contributed by atoms with Gasteiger partial charge in [-0.15, -0.1) is 0 Å². The van der Waals surface area contributed by atoms with E-state index in [4.69, 9.17) is 11.6 Å². The van der Waals surface area contributed by atoms with E-state index in [2.05, 4.69) is 10.1 Å². The molecule has 0 saturated heterocycles. The number of esters is 1. The summed E-state index contributed by atoms with van der Waals surface area (Å²) >= 11 is 5.98. The van der Waals surface area contributed by atoms with E-state index in [1.54, 1.807) is 6.07 Å². The quantitative estimate of drug-likeness (QED) is 0.657. The molecule has 0 aromatic heterocycles. The lowest BCUT2D eigenvalue weighted by Gasteiger charge is -2.15. The number of para-hydroxylation sites is 1. The Morgan fingerprint density at radius 3 is 2.35 bits per heavy atom. The van der Waals surface area contributed by atoms with E-state index in [1.807, 2.05) is 0 Å². The Balaban J connectivity index is 1.88. The van der Waals surface area contributed by atoms with Gasteiger partial charge in [0.25, 0.3) is 11.8 Å². The largest absolute Gasteiger partial charge is 0.465 e. The fraction of sp³-hybridized carbons (Fsp3) is 0.0556. The number of anilines is 2. The predicted octanol–water partition coefficient (Wildman–Crippen LogP) is 3.05. The lowest BCUT2D eigenvalue weighted by Crippen LogP contribution is -2.32. The Bertz CT molecular complexity index is 940. The van der Waals surface area contributed by atoms with E-state index < -0.39 is 23.6 Å². The molecule has 0 saturated carbocycles. The van der Waals surface area contributed by atoms with Crippen LogP contribution in [0.2, 0.25) is 0 Å². The van der Waals surface area contributed by atoms with Crippen molar-refractivity contribution in [1.82, 2.24) is 0 Å². The molecule has 2 aromatic rings. The molecule has 8 heteroatoms. The number of benzene rings is 2. The van der Waals surface area contributed by atoms with Crippen LogP contribution in [0.25, 0.3) is 0 Å². The molecule has 0 spiro atoms. The minimum Gasteiger partial charge on any atom is -0.465 e. The summed E-state index contributed by atoms with van der Waals surface area (Å²) in [5, 5.41) is 2.21. The summed E-state index contributed by atoms with van der Waals surface area (Å²) in [5.41, 5.74) is 0.277. The van der Waals surface area contributed by atoms with E-state index in [9.17, 15) is 18.8 Å². The second-order valence-electron chi connectivity index (χ2n) is 5.28. The molecule has 1 aliphatic rings.